The van der Waals surface area contributed by atoms with Gasteiger partial charge in [-0.15, -0.1) is 0 Å². The molecule has 2 heterocycles. The van der Waals surface area contributed by atoms with Gasteiger partial charge in [-0.1, -0.05) is 18.2 Å². The van der Waals surface area contributed by atoms with Crippen LogP contribution in [0.1, 0.15) is 15.9 Å². The van der Waals surface area contributed by atoms with Crippen molar-refractivity contribution in [2.24, 2.45) is 5.14 Å². The number of fused-ring (bicyclic) bond motifs is 1. The van der Waals surface area contributed by atoms with Crippen LogP contribution in [0, 0.1) is 0 Å². The van der Waals surface area contributed by atoms with Crippen LogP contribution in [0.15, 0.2) is 58.4 Å². The molecule has 3 rings (SSSR count). The summed E-state index contributed by atoms with van der Waals surface area (Å²) in [5.41, 5.74) is -0.122. The van der Waals surface area contributed by atoms with E-state index in [0.717, 1.165) is 5.56 Å². The second kappa shape index (κ2) is 7.17. The van der Waals surface area contributed by atoms with Crippen molar-refractivity contribution in [3.05, 3.63) is 70.1 Å². The molecule has 0 bridgehead atoms. The Hall–Kier alpha value is -3.24. The quantitative estimate of drug-likeness (QED) is 0.562. The smallest absolute Gasteiger partial charge is 0.274 e. The third-order valence-electron chi connectivity index (χ3n) is 3.89. The van der Waals surface area contributed by atoms with Crippen molar-refractivity contribution in [3.8, 4) is 5.88 Å². The fourth-order valence-corrected chi connectivity index (χ4v) is 3.05. The van der Waals surface area contributed by atoms with Gasteiger partial charge in [0.2, 0.25) is 15.9 Å². The molecule has 4 N–H and O–H groups in total. The van der Waals surface area contributed by atoms with E-state index in [4.69, 9.17) is 5.14 Å². The normalized spacial score (nSPS) is 11.4. The summed E-state index contributed by atoms with van der Waals surface area (Å²) in [5, 5.41) is 17.5. The minimum Gasteiger partial charge on any atom is -0.493 e. The van der Waals surface area contributed by atoms with Crippen LogP contribution >= 0.6 is 0 Å². The number of pyridine rings is 1. The van der Waals surface area contributed by atoms with Gasteiger partial charge in [-0.05, 0) is 36.2 Å². The zero-order chi connectivity index (χ0) is 19.6. The summed E-state index contributed by atoms with van der Waals surface area (Å²) < 4.78 is 23.6. The van der Waals surface area contributed by atoms with Crippen molar-refractivity contribution in [3.63, 3.8) is 0 Å². The monoisotopic (exact) mass is 388 g/mol. The molecule has 0 aliphatic carbocycles. The molecule has 0 aliphatic rings. The molecular formula is C17H16N4O5S. The zero-order valence-electron chi connectivity index (χ0n) is 14.0. The molecule has 0 aliphatic heterocycles. The van der Waals surface area contributed by atoms with Crippen LogP contribution in [0.2, 0.25) is 0 Å². The highest BCUT2D eigenvalue weighted by Gasteiger charge is 2.19. The third kappa shape index (κ3) is 3.96. The zero-order valence-corrected chi connectivity index (χ0v) is 14.8. The number of rotatable bonds is 5. The van der Waals surface area contributed by atoms with Crippen LogP contribution in [-0.4, -0.2) is 35.4 Å². The fourth-order valence-electron chi connectivity index (χ4n) is 2.53. The highest BCUT2D eigenvalue weighted by Crippen LogP contribution is 2.11. The maximum Gasteiger partial charge on any atom is 0.274 e. The van der Waals surface area contributed by atoms with Gasteiger partial charge in [0.1, 0.15) is 5.65 Å². The number of carbonyl (C=O) groups excluding carboxylic acids is 1. The van der Waals surface area contributed by atoms with Crippen molar-refractivity contribution >= 4 is 21.6 Å². The molecule has 0 fully saturated rings. The molecule has 0 atom stereocenters. The molecule has 0 spiro atoms. The molecular weight excluding hydrogens is 372 g/mol. The van der Waals surface area contributed by atoms with Gasteiger partial charge in [0.05, 0.1) is 4.90 Å². The number of sulfonamides is 1. The van der Waals surface area contributed by atoms with Crippen molar-refractivity contribution in [1.82, 2.24) is 14.7 Å². The van der Waals surface area contributed by atoms with E-state index in [2.05, 4.69) is 10.3 Å². The first-order valence-electron chi connectivity index (χ1n) is 7.87. The lowest BCUT2D eigenvalue weighted by atomic mass is 10.1. The largest absolute Gasteiger partial charge is 0.493 e. The number of aromatic nitrogens is 2. The average molecular weight is 388 g/mol. The minimum absolute atomic E-state index is 0.00420. The van der Waals surface area contributed by atoms with Crippen LogP contribution in [0.4, 0.5) is 0 Å². The van der Waals surface area contributed by atoms with Crippen LogP contribution in [0.5, 0.6) is 5.88 Å². The van der Waals surface area contributed by atoms with Crippen molar-refractivity contribution in [2.75, 3.05) is 6.54 Å². The SMILES string of the molecule is NS(=O)(=O)c1ccc(CCNC(=O)c2c(O)nc3ccccn3c2=O)cc1. The highest BCUT2D eigenvalue weighted by molar-refractivity contribution is 7.89. The Kier molecular flexibility index (Phi) is 4.93. The fraction of sp³-hybridized carbons (Fsp3) is 0.118. The second-order valence-electron chi connectivity index (χ2n) is 5.74. The second-order valence-corrected chi connectivity index (χ2v) is 7.30. The molecule has 0 saturated carbocycles. The number of amides is 1. The molecule has 3 aromatic rings. The van der Waals surface area contributed by atoms with Crippen LogP contribution < -0.4 is 16.0 Å². The number of nitrogens with two attached hydrogens (primary N) is 1. The summed E-state index contributed by atoms with van der Waals surface area (Å²) in [4.78, 5) is 28.5. The number of hydrogen-bond donors (Lipinski definition) is 3. The Balaban J connectivity index is 1.71. The molecule has 0 unspecified atom stereocenters. The number of primary sulfonamides is 1. The molecule has 9 nitrogen and oxygen atoms in total. The topological polar surface area (TPSA) is 144 Å². The number of nitrogens with one attached hydrogen (secondary N) is 1. The lowest BCUT2D eigenvalue weighted by molar-refractivity contribution is 0.0949. The van der Waals surface area contributed by atoms with Crippen LogP contribution in [-0.2, 0) is 16.4 Å². The van der Waals surface area contributed by atoms with Gasteiger partial charge in [-0.2, -0.15) is 4.98 Å². The molecule has 10 heteroatoms. The van der Waals surface area contributed by atoms with E-state index in [1.807, 2.05) is 0 Å². The lowest BCUT2D eigenvalue weighted by Crippen LogP contribution is -2.33. The molecule has 0 radical (unpaired) electrons. The van der Waals surface area contributed by atoms with E-state index in [1.54, 1.807) is 24.3 Å². The molecule has 2 aromatic heterocycles. The van der Waals surface area contributed by atoms with E-state index in [-0.39, 0.29) is 17.1 Å². The number of nitrogens with zero attached hydrogens (tertiary/aromatic N) is 2. The lowest BCUT2D eigenvalue weighted by Gasteiger charge is -2.08. The Morgan fingerprint density at radius 1 is 1.19 bits per heavy atom. The summed E-state index contributed by atoms with van der Waals surface area (Å²) in [7, 11) is -3.76. The van der Waals surface area contributed by atoms with E-state index < -0.39 is 32.9 Å². The van der Waals surface area contributed by atoms with Gasteiger partial charge in [0, 0.05) is 12.7 Å². The Morgan fingerprint density at radius 3 is 2.56 bits per heavy atom. The Morgan fingerprint density at radius 2 is 1.89 bits per heavy atom. The molecule has 1 amide bonds. The molecule has 1 aromatic carbocycles. The van der Waals surface area contributed by atoms with Gasteiger partial charge in [-0.3, -0.25) is 14.0 Å². The number of carbonyl (C=O) groups is 1. The van der Waals surface area contributed by atoms with Crippen LogP contribution in [0.25, 0.3) is 5.65 Å². The highest BCUT2D eigenvalue weighted by atomic mass is 32.2. The molecule has 140 valence electrons. The predicted molar refractivity (Wildman–Crippen MR) is 97.0 cm³/mol. The van der Waals surface area contributed by atoms with Gasteiger partial charge in [-0.25, -0.2) is 13.6 Å². The van der Waals surface area contributed by atoms with E-state index >= 15 is 0 Å². The van der Waals surface area contributed by atoms with Crippen LogP contribution in [0.3, 0.4) is 0 Å². The predicted octanol–water partition coefficient (Wildman–Crippen LogP) is 0.0200. The van der Waals surface area contributed by atoms with Gasteiger partial charge >= 0.3 is 0 Å². The third-order valence-corrected chi connectivity index (χ3v) is 4.82. The summed E-state index contributed by atoms with van der Waals surface area (Å²) in [5.74, 6) is -1.38. The van der Waals surface area contributed by atoms with E-state index in [1.165, 1.54) is 28.8 Å². The first-order chi connectivity index (χ1) is 12.8. The van der Waals surface area contributed by atoms with E-state index in [9.17, 15) is 23.1 Å². The standard InChI is InChI=1S/C17H16N4O5S/c18-27(25,26)12-6-4-11(5-7-12)8-9-19-15(22)14-16(23)20-13-3-1-2-10-21(13)17(14)24/h1-7,10,23H,8-9H2,(H,19,22)(H2,18,25,26). The Labute approximate surface area is 154 Å². The maximum atomic E-state index is 12.4. The van der Waals surface area contributed by atoms with Crippen molar-refractivity contribution in [1.29, 1.82) is 0 Å². The first-order valence-corrected chi connectivity index (χ1v) is 9.42. The average Bonchev–Trinajstić information content (AvgIpc) is 2.61. The number of aromatic hydroxyl groups is 1. The molecule has 27 heavy (non-hydrogen) atoms. The van der Waals surface area contributed by atoms with E-state index in [0.29, 0.717) is 6.42 Å². The summed E-state index contributed by atoms with van der Waals surface area (Å²) in [6.45, 7) is 0.171. The Bertz CT molecular complexity index is 1170. The summed E-state index contributed by atoms with van der Waals surface area (Å²) in [6, 6.07) is 10.7. The number of hydrogen-bond acceptors (Lipinski definition) is 6. The van der Waals surface area contributed by atoms with Gasteiger partial charge in [0.15, 0.2) is 5.56 Å². The van der Waals surface area contributed by atoms with Gasteiger partial charge in [0.25, 0.3) is 11.5 Å². The number of benzene rings is 1. The van der Waals surface area contributed by atoms with Gasteiger partial charge < -0.3 is 10.4 Å². The minimum atomic E-state index is -3.76. The summed E-state index contributed by atoms with van der Waals surface area (Å²) in [6.07, 6.45) is 1.84. The van der Waals surface area contributed by atoms with Crippen molar-refractivity contribution in [2.45, 2.75) is 11.3 Å². The first kappa shape index (κ1) is 18.5. The van der Waals surface area contributed by atoms with Crippen molar-refractivity contribution < 1.29 is 18.3 Å². The molecule has 0 saturated heterocycles. The summed E-state index contributed by atoms with van der Waals surface area (Å²) >= 11 is 0. The maximum absolute atomic E-state index is 12.4.